The lowest BCUT2D eigenvalue weighted by molar-refractivity contribution is -0.145. The summed E-state index contributed by atoms with van der Waals surface area (Å²) < 4.78 is 13.8. The first-order valence-corrected chi connectivity index (χ1v) is 14.5. The number of hydrogen-bond donors (Lipinski definition) is 4. The summed E-state index contributed by atoms with van der Waals surface area (Å²) in [5.41, 5.74) is 0.731. The summed E-state index contributed by atoms with van der Waals surface area (Å²) in [6, 6.07) is 18.6. The van der Waals surface area contributed by atoms with Crippen LogP contribution >= 0.6 is 0 Å². The molecule has 0 aliphatic carbocycles. The third kappa shape index (κ3) is 8.14. The second kappa shape index (κ2) is 13.9. The fourth-order valence-corrected chi connectivity index (χ4v) is 5.22. The maximum Gasteiger partial charge on any atom is 0.243 e. The van der Waals surface area contributed by atoms with Crippen molar-refractivity contribution in [2.75, 3.05) is 19.6 Å². The summed E-state index contributed by atoms with van der Waals surface area (Å²) >= 11 is 0. The summed E-state index contributed by atoms with van der Waals surface area (Å²) in [4.78, 5) is 41.5. The summed E-state index contributed by atoms with van der Waals surface area (Å²) in [5, 5.41) is 21.2. The highest BCUT2D eigenvalue weighted by Crippen LogP contribution is 2.26. The molecule has 1 saturated heterocycles. The van der Waals surface area contributed by atoms with Crippen molar-refractivity contribution < 1.29 is 23.9 Å². The van der Waals surface area contributed by atoms with E-state index in [1.165, 1.54) is 6.07 Å². The van der Waals surface area contributed by atoms with Crippen LogP contribution in [0.4, 0.5) is 4.39 Å². The fraction of sp³-hybridized carbons (Fsp3) is 0.424. The van der Waals surface area contributed by atoms with Gasteiger partial charge in [-0.1, -0.05) is 81.4 Å². The van der Waals surface area contributed by atoms with Crippen LogP contribution in [0.25, 0.3) is 10.8 Å². The highest BCUT2D eigenvalue weighted by atomic mass is 19.1. The van der Waals surface area contributed by atoms with Crippen molar-refractivity contribution in [1.82, 2.24) is 20.9 Å². The largest absolute Gasteiger partial charge is 0.390 e. The predicted octanol–water partition coefficient (Wildman–Crippen LogP) is 3.31. The van der Waals surface area contributed by atoms with Crippen molar-refractivity contribution in [3.05, 3.63) is 83.7 Å². The van der Waals surface area contributed by atoms with Gasteiger partial charge in [-0.25, -0.2) is 4.39 Å². The molecule has 4 N–H and O–H groups in total. The van der Waals surface area contributed by atoms with Gasteiger partial charge in [0, 0.05) is 43.6 Å². The number of halogens is 1. The van der Waals surface area contributed by atoms with Gasteiger partial charge in [0.15, 0.2) is 0 Å². The van der Waals surface area contributed by atoms with Crippen molar-refractivity contribution >= 4 is 28.5 Å². The molecule has 0 saturated carbocycles. The molecule has 4 rings (SSSR count). The first-order chi connectivity index (χ1) is 20.0. The lowest BCUT2D eigenvalue weighted by Gasteiger charge is -2.31. The van der Waals surface area contributed by atoms with Crippen LogP contribution in [0, 0.1) is 11.2 Å². The van der Waals surface area contributed by atoms with Gasteiger partial charge >= 0.3 is 0 Å². The highest BCUT2D eigenvalue weighted by Gasteiger charge is 2.39. The molecule has 42 heavy (non-hydrogen) atoms. The van der Waals surface area contributed by atoms with Gasteiger partial charge in [0.2, 0.25) is 17.7 Å². The number of nitrogens with one attached hydrogen (secondary N) is 3. The number of likely N-dealkylation sites (tertiary alicyclic amines) is 1. The van der Waals surface area contributed by atoms with E-state index in [0.717, 1.165) is 16.3 Å². The smallest absolute Gasteiger partial charge is 0.243 e. The molecular formula is C33H41FN4O4. The lowest BCUT2D eigenvalue weighted by atomic mass is 9.94. The lowest BCUT2D eigenvalue weighted by Crippen LogP contribution is -2.55. The maximum atomic E-state index is 13.8. The van der Waals surface area contributed by atoms with Crippen LogP contribution in [0.2, 0.25) is 0 Å². The Kier molecular flexibility index (Phi) is 10.3. The topological polar surface area (TPSA) is 111 Å². The van der Waals surface area contributed by atoms with Gasteiger partial charge in [0.1, 0.15) is 17.9 Å². The Hall–Kier alpha value is -3.82. The Morgan fingerprint density at radius 2 is 1.71 bits per heavy atom. The molecule has 3 amide bonds. The molecule has 1 aliphatic rings. The van der Waals surface area contributed by atoms with Crippen LogP contribution < -0.4 is 16.0 Å². The minimum atomic E-state index is -0.924. The van der Waals surface area contributed by atoms with Gasteiger partial charge in [-0.2, -0.15) is 0 Å². The number of aliphatic hydroxyl groups excluding tert-OH is 1. The average molecular weight is 577 g/mol. The van der Waals surface area contributed by atoms with Gasteiger partial charge in [0.05, 0.1) is 6.10 Å². The molecule has 0 aromatic heterocycles. The second-order valence-electron chi connectivity index (χ2n) is 12.0. The van der Waals surface area contributed by atoms with Crippen LogP contribution in [0.5, 0.6) is 0 Å². The van der Waals surface area contributed by atoms with Crippen LogP contribution in [0.15, 0.2) is 66.7 Å². The summed E-state index contributed by atoms with van der Waals surface area (Å²) in [7, 11) is 0. The Morgan fingerprint density at radius 3 is 2.45 bits per heavy atom. The Morgan fingerprint density at radius 1 is 1.00 bits per heavy atom. The minimum absolute atomic E-state index is 0.0503. The standard InChI is InChI=1S/C33H41FN4O4/c1-33(2,3)32(42)38-16-8-13-29(38)31(41)37-28(18-22-14-15-23-9-4-5-10-24(23)17-22)30(40)36-21-26(39)20-35-19-25-11-6-7-12-27(25)34/h4-7,9-12,14-15,17,26,28-29,35,39H,8,13,16,18-21H2,1-3H3,(H,36,40)(H,37,41)/t26?,28-,29+/m1/s1. The predicted molar refractivity (Wildman–Crippen MR) is 161 cm³/mol. The van der Waals surface area contributed by atoms with E-state index in [1.54, 1.807) is 23.1 Å². The molecule has 0 bridgehead atoms. The monoisotopic (exact) mass is 576 g/mol. The number of benzene rings is 3. The van der Waals surface area contributed by atoms with Crippen molar-refractivity contribution in [3.8, 4) is 0 Å². The summed E-state index contributed by atoms with van der Waals surface area (Å²) in [6.07, 6.45) is 0.564. The van der Waals surface area contributed by atoms with Crippen LogP contribution in [-0.4, -0.2) is 65.5 Å². The fourth-order valence-electron chi connectivity index (χ4n) is 5.22. The number of aliphatic hydroxyl groups is 1. The zero-order valence-corrected chi connectivity index (χ0v) is 24.5. The first kappa shape index (κ1) is 31.1. The van der Waals surface area contributed by atoms with E-state index in [2.05, 4.69) is 16.0 Å². The molecule has 1 unspecified atom stereocenters. The van der Waals surface area contributed by atoms with Crippen molar-refractivity contribution in [2.24, 2.45) is 5.41 Å². The zero-order valence-electron chi connectivity index (χ0n) is 24.5. The molecule has 9 heteroatoms. The Balaban J connectivity index is 1.42. The average Bonchev–Trinajstić information content (AvgIpc) is 3.45. The van der Waals surface area contributed by atoms with Gasteiger partial charge in [-0.15, -0.1) is 0 Å². The van der Waals surface area contributed by atoms with E-state index in [9.17, 15) is 23.9 Å². The molecule has 8 nitrogen and oxygen atoms in total. The van der Waals surface area contributed by atoms with Gasteiger partial charge in [0.25, 0.3) is 0 Å². The zero-order chi connectivity index (χ0) is 30.3. The number of nitrogens with zero attached hydrogens (tertiary/aromatic N) is 1. The SMILES string of the molecule is CC(C)(C)C(=O)N1CCC[C@H]1C(=O)N[C@H](Cc1ccc2ccccc2c1)C(=O)NCC(O)CNCc1ccccc1F. The molecule has 1 fully saturated rings. The van der Waals surface area contributed by atoms with E-state index < -0.39 is 29.5 Å². The minimum Gasteiger partial charge on any atom is -0.390 e. The molecule has 3 aromatic carbocycles. The Bertz CT molecular complexity index is 1410. The second-order valence-corrected chi connectivity index (χ2v) is 12.0. The third-order valence-corrected chi connectivity index (χ3v) is 7.51. The van der Waals surface area contributed by atoms with E-state index in [-0.39, 0.29) is 43.7 Å². The normalized spacial score (nSPS) is 16.7. The molecule has 0 radical (unpaired) electrons. The van der Waals surface area contributed by atoms with E-state index in [1.807, 2.05) is 63.2 Å². The molecule has 0 spiro atoms. The number of hydrogen-bond acceptors (Lipinski definition) is 5. The number of carbonyl (C=O) groups is 3. The number of rotatable bonds is 11. The summed E-state index contributed by atoms with van der Waals surface area (Å²) in [6.45, 7) is 6.32. The number of fused-ring (bicyclic) bond motifs is 1. The molecule has 1 aliphatic heterocycles. The molecule has 3 aromatic rings. The van der Waals surface area contributed by atoms with E-state index in [4.69, 9.17) is 0 Å². The number of amides is 3. The Labute approximate surface area is 246 Å². The van der Waals surface area contributed by atoms with Gasteiger partial charge in [-0.3, -0.25) is 14.4 Å². The molecule has 224 valence electrons. The van der Waals surface area contributed by atoms with Crippen molar-refractivity contribution in [2.45, 2.75) is 64.8 Å². The van der Waals surface area contributed by atoms with Crippen molar-refractivity contribution in [1.29, 1.82) is 0 Å². The van der Waals surface area contributed by atoms with Crippen molar-refractivity contribution in [3.63, 3.8) is 0 Å². The third-order valence-electron chi connectivity index (χ3n) is 7.51. The number of carbonyl (C=O) groups excluding carboxylic acids is 3. The van der Waals surface area contributed by atoms with Gasteiger partial charge in [-0.05, 0) is 35.2 Å². The highest BCUT2D eigenvalue weighted by molar-refractivity contribution is 5.93. The maximum absolute atomic E-state index is 13.8. The molecule has 1 heterocycles. The van der Waals surface area contributed by atoms with Crippen LogP contribution in [-0.2, 0) is 27.3 Å². The van der Waals surface area contributed by atoms with Crippen LogP contribution in [0.1, 0.15) is 44.7 Å². The van der Waals surface area contributed by atoms with Gasteiger partial charge < -0.3 is 26.0 Å². The quantitative estimate of drug-likeness (QED) is 0.280. The summed E-state index contributed by atoms with van der Waals surface area (Å²) in [5.74, 6) is -1.22. The van der Waals surface area contributed by atoms with E-state index >= 15 is 0 Å². The van der Waals surface area contributed by atoms with E-state index in [0.29, 0.717) is 24.9 Å². The first-order valence-electron chi connectivity index (χ1n) is 14.5. The molecular weight excluding hydrogens is 535 g/mol. The van der Waals surface area contributed by atoms with Crippen LogP contribution in [0.3, 0.4) is 0 Å². The molecule has 3 atom stereocenters.